The van der Waals surface area contributed by atoms with Gasteiger partial charge in [0.2, 0.25) is 0 Å². The lowest BCUT2D eigenvalue weighted by Crippen LogP contribution is -2.32. The number of para-hydroxylation sites is 6. The lowest BCUT2D eigenvalue weighted by molar-refractivity contribution is 0.436. The summed E-state index contributed by atoms with van der Waals surface area (Å²) in [7, 11) is 0. The highest BCUT2D eigenvalue weighted by atomic mass is 16.5. The maximum atomic E-state index is 6.68. The van der Waals surface area contributed by atoms with Crippen LogP contribution in [0.2, 0.25) is 0 Å². The van der Waals surface area contributed by atoms with Gasteiger partial charge in [-0.3, -0.25) is 9.97 Å². The quantitative estimate of drug-likeness (QED) is 0.185. The minimum absolute atomic E-state index is 0.736. The van der Waals surface area contributed by atoms with Crippen molar-refractivity contribution in [3.63, 3.8) is 0 Å². The number of hydrogen-bond acceptors (Lipinski definition) is 3. The Kier molecular flexibility index (Phi) is 5.37. The van der Waals surface area contributed by atoms with Gasteiger partial charge in [0.1, 0.15) is 11.5 Å². The predicted octanol–water partition coefficient (Wildman–Crippen LogP) is 11.1. The van der Waals surface area contributed by atoms with Crippen molar-refractivity contribution < 1.29 is 4.74 Å². The largest absolute Gasteiger partial charge is 0.457 e. The van der Waals surface area contributed by atoms with Gasteiger partial charge in [-0.05, 0) is 48.5 Å². The molecule has 1 aliphatic heterocycles. The van der Waals surface area contributed by atoms with Crippen LogP contribution < -0.4 is 4.74 Å². The summed E-state index contributed by atoms with van der Waals surface area (Å²) in [6.45, 7) is 0. The zero-order valence-corrected chi connectivity index (χ0v) is 27.9. The molecule has 4 aromatic heterocycles. The average Bonchev–Trinajstić information content (AvgIpc) is 3.82. The SMILES string of the molecule is c1ccc2c(c1)Oc1ccccc1C21c2cc(-n3c4ccccc4c4ccccc43)cnc2-c2ncc(-n3c4ccccc4c4ccccc43)cc21. The van der Waals surface area contributed by atoms with Crippen LogP contribution in [0.15, 0.2) is 170 Å². The van der Waals surface area contributed by atoms with Gasteiger partial charge in [0.15, 0.2) is 0 Å². The molecule has 0 radical (unpaired) electrons. The van der Waals surface area contributed by atoms with Crippen LogP contribution in [0.25, 0.3) is 66.4 Å². The van der Waals surface area contributed by atoms with Gasteiger partial charge < -0.3 is 13.9 Å². The first-order chi connectivity index (χ1) is 25.8. The number of aromatic nitrogens is 4. The summed E-state index contributed by atoms with van der Waals surface area (Å²) < 4.78 is 11.4. The minimum atomic E-state index is -0.736. The second kappa shape index (κ2) is 10.1. The molecule has 0 N–H and O–H groups in total. The maximum absolute atomic E-state index is 6.68. The van der Waals surface area contributed by atoms with Crippen molar-refractivity contribution in [3.8, 4) is 34.3 Å². The fourth-order valence-corrected chi connectivity index (χ4v) is 9.22. The van der Waals surface area contributed by atoms with Gasteiger partial charge in [0, 0.05) is 43.8 Å². The Morgan fingerprint density at radius 1 is 0.385 bits per heavy atom. The molecule has 2 aliphatic rings. The van der Waals surface area contributed by atoms with Crippen LogP contribution >= 0.6 is 0 Å². The number of hydrogen-bond donors (Lipinski definition) is 0. The van der Waals surface area contributed by atoms with E-state index in [4.69, 9.17) is 14.7 Å². The topological polar surface area (TPSA) is 44.9 Å². The maximum Gasteiger partial charge on any atom is 0.132 e. The molecule has 5 heterocycles. The molecular weight excluding hydrogens is 637 g/mol. The van der Waals surface area contributed by atoms with Gasteiger partial charge >= 0.3 is 0 Å². The Balaban J connectivity index is 1.21. The van der Waals surface area contributed by atoms with Crippen molar-refractivity contribution >= 4 is 43.6 Å². The lowest BCUT2D eigenvalue weighted by Gasteiger charge is -2.39. The summed E-state index contributed by atoms with van der Waals surface area (Å²) in [6.07, 6.45) is 4.03. The average molecular weight is 665 g/mol. The van der Waals surface area contributed by atoms with E-state index >= 15 is 0 Å². The van der Waals surface area contributed by atoms with Crippen LogP contribution in [-0.2, 0) is 5.41 Å². The molecule has 0 unspecified atom stereocenters. The van der Waals surface area contributed by atoms with E-state index in [-0.39, 0.29) is 0 Å². The summed E-state index contributed by atoms with van der Waals surface area (Å²) in [4.78, 5) is 10.7. The van der Waals surface area contributed by atoms with E-state index in [2.05, 4.69) is 167 Å². The molecule has 1 aliphatic carbocycles. The first-order valence-electron chi connectivity index (χ1n) is 17.7. The minimum Gasteiger partial charge on any atom is -0.457 e. The highest BCUT2D eigenvalue weighted by Gasteiger charge is 2.53. The van der Waals surface area contributed by atoms with Crippen molar-refractivity contribution in [1.82, 2.24) is 19.1 Å². The van der Waals surface area contributed by atoms with E-state index in [0.717, 1.165) is 78.6 Å². The van der Waals surface area contributed by atoms with E-state index in [1.54, 1.807) is 0 Å². The van der Waals surface area contributed by atoms with Crippen molar-refractivity contribution in [2.45, 2.75) is 5.41 Å². The highest BCUT2D eigenvalue weighted by molar-refractivity contribution is 6.10. The highest BCUT2D eigenvalue weighted by Crippen LogP contribution is 2.61. The number of benzene rings is 6. The Labute approximate surface area is 298 Å². The van der Waals surface area contributed by atoms with Crippen LogP contribution in [0.4, 0.5) is 0 Å². The molecule has 5 nitrogen and oxygen atoms in total. The third-order valence-corrected chi connectivity index (χ3v) is 11.3. The Morgan fingerprint density at radius 2 is 0.731 bits per heavy atom. The third-order valence-electron chi connectivity index (χ3n) is 11.3. The second-order valence-electron chi connectivity index (χ2n) is 13.8. The Morgan fingerprint density at radius 3 is 1.13 bits per heavy atom. The Hall–Kier alpha value is -6.98. The van der Waals surface area contributed by atoms with Crippen LogP contribution in [-0.4, -0.2) is 19.1 Å². The number of nitrogens with zero attached hydrogens (tertiary/aromatic N) is 4. The summed E-state index contributed by atoms with van der Waals surface area (Å²) in [5, 5.41) is 4.87. The molecule has 0 saturated carbocycles. The van der Waals surface area contributed by atoms with E-state index < -0.39 is 5.41 Å². The monoisotopic (exact) mass is 664 g/mol. The second-order valence-corrected chi connectivity index (χ2v) is 13.8. The molecule has 1 spiro atoms. The number of fused-ring (bicyclic) bond motifs is 15. The number of rotatable bonds is 2. The smallest absolute Gasteiger partial charge is 0.132 e. The lowest BCUT2D eigenvalue weighted by atomic mass is 9.66. The molecule has 242 valence electrons. The zero-order chi connectivity index (χ0) is 34.0. The standard InChI is InChI=1S/C47H28N4O/c1-7-19-39-31(13-1)32-14-2-8-20-40(32)50(39)29-25-37-45(48-27-29)46-38(47(37)35-17-5-11-23-43(35)52-44-24-12-6-18-36(44)47)26-30(28-49-46)51-41-21-9-3-15-33(41)34-16-4-10-22-42(34)51/h1-28H. The van der Waals surface area contributed by atoms with Crippen molar-refractivity contribution in [1.29, 1.82) is 0 Å². The van der Waals surface area contributed by atoms with Crippen molar-refractivity contribution in [2.24, 2.45) is 0 Å². The normalized spacial score (nSPS) is 13.7. The molecular formula is C47H28N4O. The fraction of sp³-hybridized carbons (Fsp3) is 0.0213. The first kappa shape index (κ1) is 27.8. The Bertz CT molecular complexity index is 2810. The van der Waals surface area contributed by atoms with Gasteiger partial charge in [0.05, 0.1) is 62.6 Å². The molecule has 52 heavy (non-hydrogen) atoms. The zero-order valence-electron chi connectivity index (χ0n) is 27.9. The molecule has 0 fully saturated rings. The van der Waals surface area contributed by atoms with Gasteiger partial charge in [-0.25, -0.2) is 0 Å². The summed E-state index contributed by atoms with van der Waals surface area (Å²) in [6, 6.07) is 56.1. The predicted molar refractivity (Wildman–Crippen MR) is 208 cm³/mol. The van der Waals surface area contributed by atoms with Crippen LogP contribution in [0.5, 0.6) is 11.5 Å². The fourth-order valence-electron chi connectivity index (χ4n) is 9.22. The van der Waals surface area contributed by atoms with Crippen molar-refractivity contribution in [2.75, 3.05) is 0 Å². The summed E-state index contributed by atoms with van der Waals surface area (Å²) in [5.74, 6) is 1.68. The number of pyridine rings is 2. The van der Waals surface area contributed by atoms with Gasteiger partial charge in [-0.1, -0.05) is 109 Å². The molecule has 0 amide bonds. The molecule has 10 aromatic rings. The van der Waals surface area contributed by atoms with Crippen molar-refractivity contribution in [3.05, 3.63) is 192 Å². The molecule has 0 bridgehead atoms. The van der Waals surface area contributed by atoms with Gasteiger partial charge in [-0.15, -0.1) is 0 Å². The molecule has 0 atom stereocenters. The van der Waals surface area contributed by atoms with E-state index in [1.807, 2.05) is 12.4 Å². The molecule has 0 saturated heterocycles. The third kappa shape index (κ3) is 3.42. The van der Waals surface area contributed by atoms with Crippen LogP contribution in [0.1, 0.15) is 22.3 Å². The van der Waals surface area contributed by atoms with Gasteiger partial charge in [0.25, 0.3) is 0 Å². The summed E-state index contributed by atoms with van der Waals surface area (Å²) >= 11 is 0. The van der Waals surface area contributed by atoms with Crippen LogP contribution in [0, 0.1) is 0 Å². The van der Waals surface area contributed by atoms with E-state index in [9.17, 15) is 0 Å². The molecule has 12 rings (SSSR count). The molecule has 5 heteroatoms. The van der Waals surface area contributed by atoms with E-state index in [1.165, 1.54) is 21.5 Å². The van der Waals surface area contributed by atoms with Gasteiger partial charge in [-0.2, -0.15) is 0 Å². The first-order valence-corrected chi connectivity index (χ1v) is 17.7. The summed E-state index contributed by atoms with van der Waals surface area (Å²) in [5.41, 5.74) is 12.0. The number of ether oxygens (including phenoxy) is 1. The van der Waals surface area contributed by atoms with E-state index in [0.29, 0.717) is 0 Å². The van der Waals surface area contributed by atoms with Crippen LogP contribution in [0.3, 0.4) is 0 Å². The molecule has 6 aromatic carbocycles.